The zero-order chi connectivity index (χ0) is 31.1. The summed E-state index contributed by atoms with van der Waals surface area (Å²) in [5.41, 5.74) is 1.37. The van der Waals surface area contributed by atoms with Crippen LogP contribution in [-0.2, 0) is 19.1 Å². The SMILES string of the molecule is C=CCCCOCC(=O)C(CCC)CC(=O)C1C(C(=O)C(CC(=C)CC2CCC(C)C2)C2CCCCC2)CC2C1C2(C)C. The van der Waals surface area contributed by atoms with E-state index in [0.717, 1.165) is 63.2 Å². The van der Waals surface area contributed by atoms with Crippen molar-refractivity contribution in [1.82, 2.24) is 0 Å². The van der Waals surface area contributed by atoms with E-state index < -0.39 is 0 Å². The molecule has 242 valence electrons. The number of ether oxygens (including phenoxy) is 1. The van der Waals surface area contributed by atoms with Gasteiger partial charge in [0.2, 0.25) is 0 Å². The van der Waals surface area contributed by atoms with E-state index in [1.807, 2.05) is 6.08 Å². The molecule has 0 heterocycles. The fourth-order valence-electron chi connectivity index (χ4n) is 9.69. The second-order valence-corrected chi connectivity index (χ2v) is 15.8. The van der Waals surface area contributed by atoms with Gasteiger partial charge in [-0.3, -0.25) is 14.4 Å². The van der Waals surface area contributed by atoms with Gasteiger partial charge in [-0.2, -0.15) is 0 Å². The Balaban J connectivity index is 1.46. The van der Waals surface area contributed by atoms with Gasteiger partial charge < -0.3 is 4.74 Å². The number of allylic oxidation sites excluding steroid dienone is 2. The van der Waals surface area contributed by atoms with Gasteiger partial charge >= 0.3 is 0 Å². The van der Waals surface area contributed by atoms with E-state index in [1.54, 1.807) is 0 Å². The maximum atomic E-state index is 14.6. The highest BCUT2D eigenvalue weighted by Crippen LogP contribution is 2.71. The second-order valence-electron chi connectivity index (χ2n) is 15.8. The minimum absolute atomic E-state index is 0.00424. The predicted molar refractivity (Wildman–Crippen MR) is 176 cm³/mol. The lowest BCUT2D eigenvalue weighted by atomic mass is 9.68. The van der Waals surface area contributed by atoms with Gasteiger partial charge in [-0.1, -0.05) is 78.0 Å². The van der Waals surface area contributed by atoms with Crippen molar-refractivity contribution < 1.29 is 19.1 Å². The van der Waals surface area contributed by atoms with E-state index in [2.05, 4.69) is 40.9 Å². The summed E-state index contributed by atoms with van der Waals surface area (Å²) in [6.45, 7) is 17.9. The third kappa shape index (κ3) is 8.59. The number of Topliss-reactive ketones (excluding diaryl/α,β-unsaturated/α-hetero) is 3. The van der Waals surface area contributed by atoms with Gasteiger partial charge in [0.1, 0.15) is 18.2 Å². The Morgan fingerprint density at radius 2 is 1.77 bits per heavy atom. The average molecular weight is 595 g/mol. The van der Waals surface area contributed by atoms with Crippen LogP contribution in [0.4, 0.5) is 0 Å². The number of fused-ring (bicyclic) bond motifs is 1. The molecule has 4 nitrogen and oxygen atoms in total. The number of hydrogen-bond donors (Lipinski definition) is 0. The van der Waals surface area contributed by atoms with Crippen molar-refractivity contribution >= 4 is 17.3 Å². The first kappa shape index (κ1) is 34.3. The van der Waals surface area contributed by atoms with Crippen LogP contribution in [-0.4, -0.2) is 30.6 Å². The summed E-state index contributed by atoms with van der Waals surface area (Å²) < 4.78 is 5.67. The second kappa shape index (κ2) is 15.6. The van der Waals surface area contributed by atoms with Crippen molar-refractivity contribution in [3.05, 3.63) is 24.8 Å². The number of rotatable bonds is 19. The number of carbonyl (C=O) groups excluding carboxylic acids is 3. The average Bonchev–Trinajstić information content (AvgIpc) is 3.32. The lowest BCUT2D eigenvalue weighted by Gasteiger charge is -2.35. The van der Waals surface area contributed by atoms with Crippen molar-refractivity contribution in [2.45, 2.75) is 130 Å². The van der Waals surface area contributed by atoms with Crippen molar-refractivity contribution in [2.75, 3.05) is 13.2 Å². The van der Waals surface area contributed by atoms with E-state index in [4.69, 9.17) is 4.74 Å². The first-order valence-corrected chi connectivity index (χ1v) is 18.0. The summed E-state index contributed by atoms with van der Waals surface area (Å²) in [6, 6.07) is 0. The molecule has 0 aromatic heterocycles. The summed E-state index contributed by atoms with van der Waals surface area (Å²) in [6.07, 6.45) is 18.0. The van der Waals surface area contributed by atoms with Crippen LogP contribution in [0, 0.1) is 58.7 Å². The molecule has 0 saturated heterocycles. The molecule has 4 aliphatic rings. The van der Waals surface area contributed by atoms with Crippen LogP contribution in [0.3, 0.4) is 0 Å². The first-order chi connectivity index (χ1) is 20.6. The molecule has 0 radical (unpaired) electrons. The molecule has 43 heavy (non-hydrogen) atoms. The Kier molecular flexibility index (Phi) is 12.5. The van der Waals surface area contributed by atoms with Crippen LogP contribution in [0.15, 0.2) is 24.8 Å². The lowest BCUT2D eigenvalue weighted by molar-refractivity contribution is -0.138. The van der Waals surface area contributed by atoms with E-state index >= 15 is 0 Å². The third-order valence-electron chi connectivity index (χ3n) is 12.2. The number of ketones is 3. The Hall–Kier alpha value is -1.55. The van der Waals surface area contributed by atoms with Crippen molar-refractivity contribution in [2.24, 2.45) is 58.7 Å². The van der Waals surface area contributed by atoms with E-state index in [1.165, 1.54) is 44.1 Å². The largest absolute Gasteiger partial charge is 0.374 e. The van der Waals surface area contributed by atoms with Crippen LogP contribution in [0.2, 0.25) is 0 Å². The fraction of sp³-hybridized carbons (Fsp3) is 0.821. The zero-order valence-electron chi connectivity index (χ0n) is 28.0. The monoisotopic (exact) mass is 594 g/mol. The van der Waals surface area contributed by atoms with E-state index in [9.17, 15) is 14.4 Å². The number of hydrogen-bond acceptors (Lipinski definition) is 4. The van der Waals surface area contributed by atoms with Crippen LogP contribution in [0.1, 0.15) is 130 Å². The molecular formula is C39H62O4. The highest BCUT2D eigenvalue weighted by molar-refractivity contribution is 5.95. The van der Waals surface area contributed by atoms with Gasteiger partial charge in [0.25, 0.3) is 0 Å². The summed E-state index contributed by atoms with van der Waals surface area (Å²) in [4.78, 5) is 42.0. The molecule has 0 bridgehead atoms. The predicted octanol–water partition coefficient (Wildman–Crippen LogP) is 9.36. The molecule has 8 unspecified atom stereocenters. The summed E-state index contributed by atoms with van der Waals surface area (Å²) in [5.74, 6) is 2.51. The normalized spacial score (nSPS) is 31.3. The molecule has 4 heteroatoms. The summed E-state index contributed by atoms with van der Waals surface area (Å²) in [5, 5.41) is 0. The molecule has 0 N–H and O–H groups in total. The molecule has 0 aromatic carbocycles. The van der Waals surface area contributed by atoms with Gasteiger partial charge in [0.15, 0.2) is 5.78 Å². The highest BCUT2D eigenvalue weighted by Gasteiger charge is 2.69. The molecule has 4 aliphatic carbocycles. The van der Waals surface area contributed by atoms with Gasteiger partial charge in [-0.25, -0.2) is 0 Å². The standard InChI is InChI=1S/C39H62O4/c1-7-9-13-19-43-25-35(41)30(14-8-2)23-34(40)36-32(24-33-37(36)39(33,5)6)38(42)31(29-15-11-10-12-16-29)22-27(4)21-28-18-17-26(3)20-28/h7,26,28-33,36-37H,1,4,8-25H2,2-3,5-6H3. The molecule has 4 fully saturated rings. The van der Waals surface area contributed by atoms with E-state index in [0.29, 0.717) is 30.6 Å². The Labute approximate surface area is 263 Å². The topological polar surface area (TPSA) is 60.4 Å². The van der Waals surface area contributed by atoms with Crippen LogP contribution >= 0.6 is 0 Å². The van der Waals surface area contributed by atoms with Crippen molar-refractivity contribution in [1.29, 1.82) is 0 Å². The molecular weight excluding hydrogens is 532 g/mol. The van der Waals surface area contributed by atoms with Crippen molar-refractivity contribution in [3.8, 4) is 0 Å². The molecule has 4 rings (SSSR count). The Morgan fingerprint density at radius 1 is 1.02 bits per heavy atom. The zero-order valence-corrected chi connectivity index (χ0v) is 28.0. The summed E-state index contributed by atoms with van der Waals surface area (Å²) >= 11 is 0. The van der Waals surface area contributed by atoms with Gasteiger partial charge in [-0.05, 0) is 99.2 Å². The number of unbranched alkanes of at least 4 members (excludes halogenated alkanes) is 1. The minimum atomic E-state index is -0.309. The van der Waals surface area contributed by atoms with Crippen molar-refractivity contribution in [3.63, 3.8) is 0 Å². The van der Waals surface area contributed by atoms with Gasteiger partial charge in [0, 0.05) is 36.7 Å². The Morgan fingerprint density at radius 3 is 2.42 bits per heavy atom. The van der Waals surface area contributed by atoms with Crippen LogP contribution in [0.25, 0.3) is 0 Å². The number of carbonyl (C=O) groups is 3. The van der Waals surface area contributed by atoms with Gasteiger partial charge in [0.05, 0.1) is 0 Å². The van der Waals surface area contributed by atoms with Gasteiger partial charge in [-0.15, -0.1) is 6.58 Å². The molecule has 0 amide bonds. The molecule has 0 aliphatic heterocycles. The molecule has 0 aromatic rings. The molecule has 8 atom stereocenters. The molecule has 0 spiro atoms. The minimum Gasteiger partial charge on any atom is -0.374 e. The maximum absolute atomic E-state index is 14.6. The fourth-order valence-corrected chi connectivity index (χ4v) is 9.69. The maximum Gasteiger partial charge on any atom is 0.161 e. The third-order valence-corrected chi connectivity index (χ3v) is 12.2. The Bertz CT molecular complexity index is 987. The van der Waals surface area contributed by atoms with Crippen LogP contribution < -0.4 is 0 Å². The lowest BCUT2D eigenvalue weighted by Crippen LogP contribution is -2.38. The quantitative estimate of drug-likeness (QED) is 0.110. The smallest absolute Gasteiger partial charge is 0.161 e. The molecule has 4 saturated carbocycles. The van der Waals surface area contributed by atoms with Crippen LogP contribution in [0.5, 0.6) is 0 Å². The van der Waals surface area contributed by atoms with E-state index in [-0.39, 0.29) is 59.6 Å². The highest BCUT2D eigenvalue weighted by atomic mass is 16.5. The summed E-state index contributed by atoms with van der Waals surface area (Å²) in [7, 11) is 0. The first-order valence-electron chi connectivity index (χ1n) is 18.0.